The van der Waals surface area contributed by atoms with Gasteiger partial charge >= 0.3 is 5.97 Å². The first-order valence-electron chi connectivity index (χ1n) is 7.22. The zero-order valence-electron chi connectivity index (χ0n) is 13.2. The minimum atomic E-state index is -0.579. The number of halogens is 1. The molecule has 3 aromatic rings. The van der Waals surface area contributed by atoms with Gasteiger partial charge in [0.25, 0.3) is 0 Å². The van der Waals surface area contributed by atoms with Crippen LogP contribution in [-0.4, -0.2) is 30.0 Å². The van der Waals surface area contributed by atoms with Gasteiger partial charge in [-0.3, -0.25) is 0 Å². The third-order valence-corrected chi connectivity index (χ3v) is 3.93. The van der Waals surface area contributed by atoms with Gasteiger partial charge < -0.3 is 9.47 Å². The molecule has 0 aliphatic rings. The van der Waals surface area contributed by atoms with E-state index in [1.54, 1.807) is 11.8 Å². The van der Waals surface area contributed by atoms with Crippen molar-refractivity contribution in [3.8, 4) is 22.7 Å². The van der Waals surface area contributed by atoms with E-state index in [9.17, 15) is 4.79 Å². The first-order chi connectivity index (χ1) is 11.7. The van der Waals surface area contributed by atoms with Crippen molar-refractivity contribution in [3.63, 3.8) is 0 Å². The molecule has 0 saturated carbocycles. The molecule has 5 nitrogen and oxygen atoms in total. The Hall–Kier alpha value is -2.79. The molecule has 0 radical (unpaired) electrons. The second-order valence-corrected chi connectivity index (χ2v) is 5.36. The summed E-state index contributed by atoms with van der Waals surface area (Å²) in [4.78, 5) is 12.0. The number of carbonyl (C=O) groups is 1. The number of carbonyl (C=O) groups excluding carboxylic acids is 1. The number of aromatic nitrogens is 2. The highest BCUT2D eigenvalue weighted by Crippen LogP contribution is 2.33. The van der Waals surface area contributed by atoms with E-state index in [4.69, 9.17) is 21.1 Å². The van der Waals surface area contributed by atoms with Gasteiger partial charge in [0.2, 0.25) is 0 Å². The van der Waals surface area contributed by atoms with Gasteiger partial charge in [0.05, 0.1) is 25.6 Å². The molecular formula is C18H15ClN2O3. The van der Waals surface area contributed by atoms with Crippen LogP contribution in [0.15, 0.2) is 54.6 Å². The summed E-state index contributed by atoms with van der Waals surface area (Å²) in [6, 6.07) is 16.8. The zero-order valence-corrected chi connectivity index (χ0v) is 13.9. The summed E-state index contributed by atoms with van der Waals surface area (Å²) >= 11 is 6.44. The fourth-order valence-electron chi connectivity index (χ4n) is 2.38. The lowest BCUT2D eigenvalue weighted by Crippen LogP contribution is -2.04. The number of nitrogens with zero attached hydrogens (tertiary/aromatic N) is 2. The molecule has 1 aromatic heterocycles. The second kappa shape index (κ2) is 6.76. The molecule has 0 atom stereocenters. The summed E-state index contributed by atoms with van der Waals surface area (Å²) in [6.45, 7) is 0. The molecule has 0 amide bonds. The topological polar surface area (TPSA) is 53.3 Å². The molecule has 0 unspecified atom stereocenters. The Morgan fingerprint density at radius 2 is 1.71 bits per heavy atom. The Bertz CT molecular complexity index is 858. The third kappa shape index (κ3) is 2.86. The lowest BCUT2D eigenvalue weighted by atomic mass is 10.1. The zero-order chi connectivity index (χ0) is 17.1. The first kappa shape index (κ1) is 16.1. The number of hydrogen-bond acceptors (Lipinski definition) is 4. The van der Waals surface area contributed by atoms with Crippen LogP contribution < -0.4 is 4.74 Å². The van der Waals surface area contributed by atoms with E-state index in [1.165, 1.54) is 7.11 Å². The average molecular weight is 343 g/mol. The van der Waals surface area contributed by atoms with Crippen LogP contribution in [0.4, 0.5) is 0 Å². The Balaban J connectivity index is 2.21. The van der Waals surface area contributed by atoms with Gasteiger partial charge in [0, 0.05) is 5.56 Å². The molecule has 0 saturated heterocycles. The van der Waals surface area contributed by atoms with Crippen molar-refractivity contribution in [2.75, 3.05) is 14.2 Å². The highest BCUT2D eigenvalue weighted by molar-refractivity contribution is 6.35. The van der Waals surface area contributed by atoms with Crippen molar-refractivity contribution >= 4 is 17.6 Å². The van der Waals surface area contributed by atoms with Crippen molar-refractivity contribution in [2.24, 2.45) is 0 Å². The van der Waals surface area contributed by atoms with E-state index < -0.39 is 5.97 Å². The predicted molar refractivity (Wildman–Crippen MR) is 91.9 cm³/mol. The standard InChI is InChI=1S/C18H15ClN2O3/c1-23-14-10-8-13(9-11-14)21-17(12-6-4-3-5-7-12)15(19)16(20-21)18(22)24-2/h3-11H,1-2H3. The van der Waals surface area contributed by atoms with Gasteiger partial charge in [-0.2, -0.15) is 5.10 Å². The first-order valence-corrected chi connectivity index (χ1v) is 7.60. The van der Waals surface area contributed by atoms with Gasteiger partial charge in [0.15, 0.2) is 5.69 Å². The summed E-state index contributed by atoms with van der Waals surface area (Å²) in [5.41, 5.74) is 2.31. The van der Waals surface area contributed by atoms with E-state index in [0.717, 1.165) is 17.0 Å². The normalized spacial score (nSPS) is 10.5. The molecule has 0 aliphatic carbocycles. The van der Waals surface area contributed by atoms with Crippen LogP contribution in [0.3, 0.4) is 0 Å². The molecule has 3 rings (SSSR count). The summed E-state index contributed by atoms with van der Waals surface area (Å²) in [7, 11) is 2.90. The number of rotatable bonds is 4. The Morgan fingerprint density at radius 3 is 2.29 bits per heavy atom. The van der Waals surface area contributed by atoms with Crippen LogP contribution in [0.2, 0.25) is 5.02 Å². The van der Waals surface area contributed by atoms with E-state index in [1.807, 2.05) is 54.6 Å². The van der Waals surface area contributed by atoms with Gasteiger partial charge in [-0.25, -0.2) is 9.48 Å². The van der Waals surface area contributed by atoms with E-state index in [2.05, 4.69) is 5.10 Å². The number of methoxy groups -OCH3 is 2. The highest BCUT2D eigenvalue weighted by Gasteiger charge is 2.24. The molecule has 0 bridgehead atoms. The van der Waals surface area contributed by atoms with E-state index in [-0.39, 0.29) is 10.7 Å². The Kier molecular flexibility index (Phi) is 4.53. The van der Waals surface area contributed by atoms with Crippen molar-refractivity contribution in [1.82, 2.24) is 9.78 Å². The van der Waals surface area contributed by atoms with Crippen LogP contribution in [0, 0.1) is 0 Å². The van der Waals surface area contributed by atoms with Crippen LogP contribution >= 0.6 is 11.6 Å². The summed E-state index contributed by atoms with van der Waals surface area (Å²) in [5, 5.41) is 4.61. The van der Waals surface area contributed by atoms with Gasteiger partial charge in [-0.15, -0.1) is 0 Å². The molecule has 6 heteroatoms. The molecule has 122 valence electrons. The van der Waals surface area contributed by atoms with E-state index in [0.29, 0.717) is 5.69 Å². The van der Waals surface area contributed by atoms with Crippen LogP contribution in [-0.2, 0) is 4.74 Å². The maximum Gasteiger partial charge on any atom is 0.360 e. The van der Waals surface area contributed by atoms with Crippen molar-refractivity contribution in [1.29, 1.82) is 0 Å². The molecular weight excluding hydrogens is 328 g/mol. The fourth-order valence-corrected chi connectivity index (χ4v) is 2.69. The summed E-state index contributed by atoms with van der Waals surface area (Å²) in [5.74, 6) is 0.149. The maximum atomic E-state index is 12.0. The average Bonchev–Trinajstić information content (AvgIpc) is 2.99. The molecule has 0 aliphatic heterocycles. The van der Waals surface area contributed by atoms with Crippen molar-refractivity contribution in [2.45, 2.75) is 0 Å². The molecule has 1 heterocycles. The van der Waals surface area contributed by atoms with Crippen LogP contribution in [0.1, 0.15) is 10.5 Å². The third-order valence-electron chi connectivity index (χ3n) is 3.57. The largest absolute Gasteiger partial charge is 0.497 e. The SMILES string of the molecule is COC(=O)c1nn(-c2ccc(OC)cc2)c(-c2ccccc2)c1Cl. The van der Waals surface area contributed by atoms with Crippen molar-refractivity contribution < 1.29 is 14.3 Å². The fraction of sp³-hybridized carbons (Fsp3) is 0.111. The minimum Gasteiger partial charge on any atom is -0.497 e. The smallest absolute Gasteiger partial charge is 0.360 e. The summed E-state index contributed by atoms with van der Waals surface area (Å²) < 4.78 is 11.6. The Labute approximate surface area is 144 Å². The maximum absolute atomic E-state index is 12.0. The highest BCUT2D eigenvalue weighted by atomic mass is 35.5. The van der Waals surface area contributed by atoms with Crippen LogP contribution in [0.5, 0.6) is 5.75 Å². The lowest BCUT2D eigenvalue weighted by molar-refractivity contribution is 0.0593. The number of ether oxygens (including phenoxy) is 2. The predicted octanol–water partition coefficient (Wildman–Crippen LogP) is 3.99. The van der Waals surface area contributed by atoms with Gasteiger partial charge in [-0.05, 0) is 24.3 Å². The van der Waals surface area contributed by atoms with Gasteiger partial charge in [0.1, 0.15) is 10.8 Å². The number of esters is 1. The minimum absolute atomic E-state index is 0.0776. The molecule has 0 N–H and O–H groups in total. The van der Waals surface area contributed by atoms with Gasteiger partial charge in [-0.1, -0.05) is 41.9 Å². The quantitative estimate of drug-likeness (QED) is 0.673. The second-order valence-electron chi connectivity index (χ2n) is 4.98. The monoisotopic (exact) mass is 342 g/mol. The Morgan fingerprint density at radius 1 is 1.04 bits per heavy atom. The molecule has 24 heavy (non-hydrogen) atoms. The van der Waals surface area contributed by atoms with Crippen LogP contribution in [0.25, 0.3) is 16.9 Å². The molecule has 0 spiro atoms. The number of benzene rings is 2. The summed E-state index contributed by atoms with van der Waals surface area (Å²) in [6.07, 6.45) is 0. The van der Waals surface area contributed by atoms with Crippen molar-refractivity contribution in [3.05, 3.63) is 65.3 Å². The van der Waals surface area contributed by atoms with E-state index >= 15 is 0 Å². The number of hydrogen-bond donors (Lipinski definition) is 0. The molecule has 2 aromatic carbocycles. The lowest BCUT2D eigenvalue weighted by Gasteiger charge is -2.09. The molecule has 0 fully saturated rings.